The summed E-state index contributed by atoms with van der Waals surface area (Å²) < 4.78 is 2.39. The highest BCUT2D eigenvalue weighted by molar-refractivity contribution is 5.86. The average Bonchev–Trinajstić information content (AvgIpc) is 3.28. The van der Waals surface area contributed by atoms with Crippen LogP contribution in [0.2, 0.25) is 0 Å². The molecule has 26 heavy (non-hydrogen) atoms. The van der Waals surface area contributed by atoms with Gasteiger partial charge >= 0.3 is 0 Å². The maximum atomic E-state index is 5.04. The number of aromatic nitrogens is 2. The topological polar surface area (TPSA) is 24.3 Å². The molecule has 0 N–H and O–H groups in total. The van der Waals surface area contributed by atoms with E-state index in [9.17, 15) is 0 Å². The second-order valence-corrected chi connectivity index (χ2v) is 7.35. The predicted molar refractivity (Wildman–Crippen MR) is 106 cm³/mol. The van der Waals surface area contributed by atoms with Gasteiger partial charge in [0.25, 0.3) is 0 Å². The lowest BCUT2D eigenvalue weighted by atomic mass is 10.1. The van der Waals surface area contributed by atoms with E-state index in [4.69, 9.17) is 4.98 Å². The molecule has 0 bridgehead atoms. The molecule has 0 amide bonds. The van der Waals surface area contributed by atoms with Crippen LogP contribution in [0.1, 0.15) is 24.2 Å². The maximum absolute atomic E-state index is 5.04. The fourth-order valence-electron chi connectivity index (χ4n) is 4.36. The summed E-state index contributed by atoms with van der Waals surface area (Å²) >= 11 is 0. The van der Waals surface area contributed by atoms with Crippen molar-refractivity contribution in [1.29, 1.82) is 0 Å². The Labute approximate surface area is 154 Å². The zero-order valence-electron chi connectivity index (χ0n) is 15.4. The second kappa shape index (κ2) is 5.99. The standard InChI is InChI=1S/C22H24N4/c1-16-21(15-25-13-7-8-14-25)26-20-12-6-5-11-19(20)24(2)18-10-4-3-9-17(18)22(26)23-16/h3-6,9-12H,7-8,13-15H2,1-2H3. The van der Waals surface area contributed by atoms with Gasteiger partial charge in [-0.2, -0.15) is 0 Å². The number of imidazole rings is 1. The van der Waals surface area contributed by atoms with E-state index in [0.29, 0.717) is 0 Å². The third-order valence-electron chi connectivity index (χ3n) is 5.74. The van der Waals surface area contributed by atoms with E-state index >= 15 is 0 Å². The maximum Gasteiger partial charge on any atom is 0.147 e. The van der Waals surface area contributed by atoms with E-state index in [1.807, 2.05) is 0 Å². The Morgan fingerprint density at radius 3 is 2.31 bits per heavy atom. The highest BCUT2D eigenvalue weighted by Crippen LogP contribution is 2.42. The number of fused-ring (bicyclic) bond motifs is 5. The Hall–Kier alpha value is -2.59. The van der Waals surface area contributed by atoms with Gasteiger partial charge in [-0.1, -0.05) is 24.3 Å². The molecule has 3 aromatic rings. The summed E-state index contributed by atoms with van der Waals surface area (Å²) in [5.41, 5.74) is 7.30. The molecular weight excluding hydrogens is 320 g/mol. The zero-order chi connectivity index (χ0) is 17.7. The first-order chi connectivity index (χ1) is 12.7. The van der Waals surface area contributed by atoms with Crippen molar-refractivity contribution >= 4 is 11.4 Å². The van der Waals surface area contributed by atoms with Crippen LogP contribution < -0.4 is 4.90 Å². The normalized spacial score (nSPS) is 16.2. The Morgan fingerprint density at radius 1 is 0.885 bits per heavy atom. The van der Waals surface area contributed by atoms with Crippen molar-refractivity contribution in [2.75, 3.05) is 25.0 Å². The van der Waals surface area contributed by atoms with Crippen LogP contribution >= 0.6 is 0 Å². The third kappa shape index (κ3) is 2.29. The summed E-state index contributed by atoms with van der Waals surface area (Å²) in [5, 5.41) is 0. The quantitative estimate of drug-likeness (QED) is 0.683. The van der Waals surface area contributed by atoms with E-state index in [1.165, 1.54) is 54.3 Å². The largest absolute Gasteiger partial charge is 0.342 e. The first kappa shape index (κ1) is 15.6. The molecule has 0 radical (unpaired) electrons. The van der Waals surface area contributed by atoms with Crippen LogP contribution in [0, 0.1) is 6.92 Å². The molecule has 0 saturated carbocycles. The Kier molecular flexibility index (Phi) is 3.61. The fourth-order valence-corrected chi connectivity index (χ4v) is 4.36. The molecule has 0 atom stereocenters. The van der Waals surface area contributed by atoms with Crippen LogP contribution in [0.5, 0.6) is 0 Å². The number of aryl methyl sites for hydroxylation is 1. The Balaban J connectivity index is 1.78. The van der Waals surface area contributed by atoms with Gasteiger partial charge in [0.15, 0.2) is 0 Å². The molecule has 0 spiro atoms. The molecule has 1 fully saturated rings. The SMILES string of the molecule is Cc1nc2n(c1CN1CCCC1)-c1ccccc1N(C)c1ccccc1-2. The van der Waals surface area contributed by atoms with Gasteiger partial charge in [0.2, 0.25) is 0 Å². The first-order valence-electron chi connectivity index (χ1n) is 9.47. The molecular formula is C22H24N4. The van der Waals surface area contributed by atoms with Crippen LogP contribution in [0.15, 0.2) is 48.5 Å². The van der Waals surface area contributed by atoms with E-state index in [-0.39, 0.29) is 0 Å². The number of hydrogen-bond donors (Lipinski definition) is 0. The minimum absolute atomic E-state index is 0.971. The van der Waals surface area contributed by atoms with Gasteiger partial charge in [-0.25, -0.2) is 4.98 Å². The fraction of sp³-hybridized carbons (Fsp3) is 0.318. The van der Waals surface area contributed by atoms with Gasteiger partial charge in [-0.15, -0.1) is 0 Å². The summed E-state index contributed by atoms with van der Waals surface area (Å²) in [5.74, 6) is 1.06. The minimum Gasteiger partial charge on any atom is -0.342 e. The summed E-state index contributed by atoms with van der Waals surface area (Å²) in [4.78, 5) is 9.88. The van der Waals surface area contributed by atoms with Crippen molar-refractivity contribution in [1.82, 2.24) is 14.5 Å². The molecule has 1 saturated heterocycles. The van der Waals surface area contributed by atoms with Crippen molar-refractivity contribution in [2.45, 2.75) is 26.3 Å². The van der Waals surface area contributed by atoms with Crippen molar-refractivity contribution in [3.63, 3.8) is 0 Å². The van der Waals surface area contributed by atoms with Crippen molar-refractivity contribution < 1.29 is 0 Å². The van der Waals surface area contributed by atoms with Gasteiger partial charge < -0.3 is 4.90 Å². The summed E-state index contributed by atoms with van der Waals surface area (Å²) in [7, 11) is 2.15. The van der Waals surface area contributed by atoms with Crippen molar-refractivity contribution in [3.05, 3.63) is 59.9 Å². The van der Waals surface area contributed by atoms with Gasteiger partial charge in [-0.05, 0) is 57.1 Å². The van der Waals surface area contributed by atoms with Crippen LogP contribution in [0.25, 0.3) is 17.1 Å². The van der Waals surface area contributed by atoms with E-state index in [1.54, 1.807) is 0 Å². The molecule has 4 nitrogen and oxygen atoms in total. The summed E-state index contributed by atoms with van der Waals surface area (Å²) in [6, 6.07) is 17.3. The van der Waals surface area contributed by atoms with Gasteiger partial charge in [-0.3, -0.25) is 9.47 Å². The summed E-state index contributed by atoms with van der Waals surface area (Å²) in [6.07, 6.45) is 2.62. The Bertz CT molecular complexity index is 966. The average molecular weight is 344 g/mol. The number of para-hydroxylation sites is 3. The lowest BCUT2D eigenvalue weighted by molar-refractivity contribution is 0.324. The number of rotatable bonds is 2. The highest BCUT2D eigenvalue weighted by Gasteiger charge is 2.27. The molecule has 5 rings (SSSR count). The minimum atomic E-state index is 0.971. The molecule has 2 aliphatic heterocycles. The second-order valence-electron chi connectivity index (χ2n) is 7.35. The first-order valence-corrected chi connectivity index (χ1v) is 9.47. The number of likely N-dealkylation sites (tertiary alicyclic amines) is 1. The monoisotopic (exact) mass is 344 g/mol. The Morgan fingerprint density at radius 2 is 1.54 bits per heavy atom. The lowest BCUT2D eigenvalue weighted by Crippen LogP contribution is -2.21. The van der Waals surface area contributed by atoms with E-state index in [2.05, 4.69) is 76.9 Å². The number of benzene rings is 2. The smallest absolute Gasteiger partial charge is 0.147 e. The van der Waals surface area contributed by atoms with Gasteiger partial charge in [0.05, 0.1) is 28.5 Å². The summed E-state index contributed by atoms with van der Waals surface area (Å²) in [6.45, 7) is 5.51. The third-order valence-corrected chi connectivity index (χ3v) is 5.74. The van der Waals surface area contributed by atoms with Crippen molar-refractivity contribution in [3.8, 4) is 17.1 Å². The van der Waals surface area contributed by atoms with Gasteiger partial charge in [0.1, 0.15) is 5.82 Å². The molecule has 132 valence electrons. The van der Waals surface area contributed by atoms with E-state index in [0.717, 1.165) is 18.1 Å². The molecule has 3 heterocycles. The van der Waals surface area contributed by atoms with E-state index < -0.39 is 0 Å². The van der Waals surface area contributed by atoms with Gasteiger partial charge in [0, 0.05) is 19.2 Å². The lowest BCUT2D eigenvalue weighted by Gasteiger charge is -2.22. The van der Waals surface area contributed by atoms with Crippen LogP contribution in [-0.2, 0) is 6.54 Å². The highest BCUT2D eigenvalue weighted by atomic mass is 15.2. The number of nitrogens with zero attached hydrogens (tertiary/aromatic N) is 4. The van der Waals surface area contributed by atoms with Crippen molar-refractivity contribution in [2.24, 2.45) is 0 Å². The molecule has 0 aliphatic carbocycles. The molecule has 1 aromatic heterocycles. The number of hydrogen-bond acceptors (Lipinski definition) is 3. The van der Waals surface area contributed by atoms with Crippen LogP contribution in [0.3, 0.4) is 0 Å². The predicted octanol–water partition coefficient (Wildman–Crippen LogP) is 4.52. The van der Waals surface area contributed by atoms with Crippen LogP contribution in [0.4, 0.5) is 11.4 Å². The zero-order valence-corrected chi connectivity index (χ0v) is 15.4. The molecule has 0 unspecified atom stereocenters. The molecule has 4 heteroatoms. The number of anilines is 2. The molecule has 2 aromatic carbocycles. The van der Waals surface area contributed by atoms with Crippen LogP contribution in [-0.4, -0.2) is 34.6 Å². The molecule has 2 aliphatic rings.